The van der Waals surface area contributed by atoms with Gasteiger partial charge in [0.05, 0.1) is 0 Å². The Morgan fingerprint density at radius 1 is 1.43 bits per heavy atom. The number of ether oxygens (including phenoxy) is 1. The predicted molar refractivity (Wildman–Crippen MR) is 87.6 cm³/mol. The molecule has 0 fully saturated rings. The van der Waals surface area contributed by atoms with Crippen LogP contribution in [0.25, 0.3) is 0 Å². The number of carbonyl (C=O) groups excluding carboxylic acids is 1. The molecular weight excluding hydrogens is 286 g/mol. The zero-order chi connectivity index (χ0) is 16.6. The van der Waals surface area contributed by atoms with Crippen LogP contribution in [0.5, 0.6) is 0 Å². The highest BCUT2D eigenvalue weighted by molar-refractivity contribution is 6.48. The van der Waals surface area contributed by atoms with Crippen molar-refractivity contribution in [3.63, 3.8) is 0 Å². The Labute approximate surface area is 130 Å². The van der Waals surface area contributed by atoms with Crippen molar-refractivity contribution in [1.29, 1.82) is 0 Å². The van der Waals surface area contributed by atoms with Gasteiger partial charge in [-0.3, -0.25) is 0 Å². The molecular formula is C15H31NO4Si. The lowest BCUT2D eigenvalue weighted by Crippen LogP contribution is -2.44. The van der Waals surface area contributed by atoms with Crippen molar-refractivity contribution in [2.45, 2.75) is 47.1 Å². The fraction of sp³-hybridized carbons (Fsp3) is 0.800. The van der Waals surface area contributed by atoms with E-state index >= 15 is 0 Å². The molecule has 6 heteroatoms. The summed E-state index contributed by atoms with van der Waals surface area (Å²) in [6, 6.07) is 0. The maximum atomic E-state index is 11.5. The lowest BCUT2D eigenvalue weighted by Gasteiger charge is -2.37. The van der Waals surface area contributed by atoms with Gasteiger partial charge in [-0.15, -0.1) is 0 Å². The second kappa shape index (κ2) is 9.22. The van der Waals surface area contributed by atoms with Crippen LogP contribution in [0.15, 0.2) is 12.7 Å². The minimum absolute atomic E-state index is 0.000241. The van der Waals surface area contributed by atoms with Crippen molar-refractivity contribution < 1.29 is 19.1 Å². The normalized spacial score (nSPS) is 16.2. The second-order valence-corrected chi connectivity index (χ2v) is 9.03. The molecule has 0 saturated carbocycles. The van der Waals surface area contributed by atoms with Crippen LogP contribution in [-0.4, -0.2) is 39.7 Å². The van der Waals surface area contributed by atoms with Gasteiger partial charge in [0.2, 0.25) is 0 Å². The first-order valence-electron chi connectivity index (χ1n) is 7.44. The third-order valence-electron chi connectivity index (χ3n) is 3.60. The van der Waals surface area contributed by atoms with E-state index in [-0.39, 0.29) is 23.9 Å². The molecule has 0 aromatic heterocycles. The van der Waals surface area contributed by atoms with E-state index in [0.717, 1.165) is 0 Å². The first kappa shape index (κ1) is 20.1. The van der Waals surface area contributed by atoms with Crippen LogP contribution in [0.2, 0.25) is 13.1 Å². The summed E-state index contributed by atoms with van der Waals surface area (Å²) in [5.74, 6) is -0.0175. The molecule has 0 bridgehead atoms. The molecule has 0 heterocycles. The van der Waals surface area contributed by atoms with Gasteiger partial charge in [0.15, 0.2) is 9.04 Å². The summed E-state index contributed by atoms with van der Waals surface area (Å²) in [6.07, 6.45) is 0.137. The summed E-state index contributed by atoms with van der Waals surface area (Å²) < 4.78 is 10.5. The molecule has 0 aromatic rings. The van der Waals surface area contributed by atoms with Gasteiger partial charge in [-0.25, -0.2) is 4.79 Å². The topological polar surface area (TPSA) is 67.8 Å². The molecule has 0 spiro atoms. The zero-order valence-corrected chi connectivity index (χ0v) is 15.3. The Bertz CT molecular complexity index is 328. The number of rotatable bonds is 8. The van der Waals surface area contributed by atoms with Crippen LogP contribution in [0, 0.1) is 17.3 Å². The molecule has 0 aliphatic rings. The minimum Gasteiger partial charge on any atom is -0.445 e. The molecule has 0 aromatic carbocycles. The molecule has 5 nitrogen and oxygen atoms in total. The van der Waals surface area contributed by atoms with Crippen molar-refractivity contribution in [1.82, 2.24) is 5.32 Å². The number of hydrogen-bond donors (Lipinski definition) is 2. The maximum absolute atomic E-state index is 11.5. The third kappa shape index (κ3) is 8.23. The first-order valence-corrected chi connectivity index (χ1v) is 10.2. The van der Waals surface area contributed by atoms with E-state index in [2.05, 4.69) is 39.6 Å². The fourth-order valence-electron chi connectivity index (χ4n) is 1.93. The molecule has 1 amide bonds. The molecule has 2 N–H and O–H groups in total. The quantitative estimate of drug-likeness (QED) is 0.410. The van der Waals surface area contributed by atoms with Crippen LogP contribution in [0.1, 0.15) is 27.7 Å². The van der Waals surface area contributed by atoms with E-state index < -0.39 is 21.4 Å². The van der Waals surface area contributed by atoms with Gasteiger partial charge in [-0.1, -0.05) is 40.3 Å². The average molecular weight is 318 g/mol. The Morgan fingerprint density at radius 2 is 2.00 bits per heavy atom. The second-order valence-electron chi connectivity index (χ2n) is 6.66. The van der Waals surface area contributed by atoms with Gasteiger partial charge in [0, 0.05) is 12.5 Å². The zero-order valence-electron chi connectivity index (χ0n) is 14.2. The largest absolute Gasteiger partial charge is 0.445 e. The molecule has 0 rings (SSSR count). The standard InChI is InChI=1S/C15H31NO4Si/c1-8-9-19-14(18)16-10-12(11(2)15(3,4)5)13(17)20-21(6)7/h8,11-13,17,21H,1,9-10H2,2-7H3,(H,16,18). The van der Waals surface area contributed by atoms with E-state index in [4.69, 9.17) is 9.16 Å². The summed E-state index contributed by atoms with van der Waals surface area (Å²) in [7, 11) is -1.35. The smallest absolute Gasteiger partial charge is 0.407 e. The Balaban J connectivity index is 4.73. The van der Waals surface area contributed by atoms with Gasteiger partial charge in [-0.05, 0) is 24.4 Å². The molecule has 0 aliphatic heterocycles. The highest BCUT2D eigenvalue weighted by atomic mass is 28.3. The van der Waals surface area contributed by atoms with Crippen LogP contribution in [0.3, 0.4) is 0 Å². The monoisotopic (exact) mass is 317 g/mol. The summed E-state index contributed by atoms with van der Waals surface area (Å²) in [6.45, 7) is 16.4. The summed E-state index contributed by atoms with van der Waals surface area (Å²) in [5.41, 5.74) is 0.000241. The molecule has 0 radical (unpaired) electrons. The molecule has 21 heavy (non-hydrogen) atoms. The Hall–Kier alpha value is -0.853. The average Bonchev–Trinajstić information content (AvgIpc) is 2.34. The Morgan fingerprint density at radius 3 is 2.43 bits per heavy atom. The van der Waals surface area contributed by atoms with E-state index in [1.165, 1.54) is 6.08 Å². The summed E-state index contributed by atoms with van der Waals surface area (Å²) in [5, 5.41) is 13.0. The maximum Gasteiger partial charge on any atom is 0.407 e. The Kier molecular flexibility index (Phi) is 8.85. The van der Waals surface area contributed by atoms with Gasteiger partial charge in [0.25, 0.3) is 0 Å². The number of aliphatic hydroxyl groups is 1. The van der Waals surface area contributed by atoms with Gasteiger partial charge in [-0.2, -0.15) is 0 Å². The third-order valence-corrected chi connectivity index (χ3v) is 4.42. The van der Waals surface area contributed by atoms with Crippen LogP contribution < -0.4 is 5.32 Å². The van der Waals surface area contributed by atoms with E-state index in [1.54, 1.807) is 0 Å². The van der Waals surface area contributed by atoms with Gasteiger partial charge < -0.3 is 19.6 Å². The summed E-state index contributed by atoms with van der Waals surface area (Å²) in [4.78, 5) is 11.5. The minimum atomic E-state index is -1.35. The number of carbonyl (C=O) groups is 1. The molecule has 3 atom stereocenters. The van der Waals surface area contributed by atoms with E-state index in [0.29, 0.717) is 6.54 Å². The van der Waals surface area contributed by atoms with Crippen molar-refractivity contribution in [2.75, 3.05) is 13.2 Å². The van der Waals surface area contributed by atoms with Gasteiger partial charge >= 0.3 is 6.09 Å². The number of amides is 1. The fourth-order valence-corrected chi connectivity index (χ4v) is 2.69. The lowest BCUT2D eigenvalue weighted by molar-refractivity contribution is -0.0929. The highest BCUT2D eigenvalue weighted by Crippen LogP contribution is 2.33. The predicted octanol–water partition coefficient (Wildman–Crippen LogP) is 2.52. The molecule has 3 unspecified atom stereocenters. The van der Waals surface area contributed by atoms with Crippen molar-refractivity contribution >= 4 is 15.1 Å². The highest BCUT2D eigenvalue weighted by Gasteiger charge is 2.34. The molecule has 124 valence electrons. The van der Waals surface area contributed by atoms with Gasteiger partial charge in [0.1, 0.15) is 12.9 Å². The SMILES string of the molecule is C=CCOC(=O)NCC(C(O)O[SiH](C)C)C(C)C(C)(C)C. The molecule has 0 aliphatic carbocycles. The van der Waals surface area contributed by atoms with Crippen LogP contribution in [0.4, 0.5) is 4.79 Å². The number of aliphatic hydroxyl groups excluding tert-OH is 1. The first-order chi connectivity index (χ1) is 9.59. The van der Waals surface area contributed by atoms with E-state index in [1.807, 2.05) is 13.1 Å². The van der Waals surface area contributed by atoms with Crippen molar-refractivity contribution in [3.05, 3.63) is 12.7 Å². The lowest BCUT2D eigenvalue weighted by atomic mass is 9.74. The molecule has 0 saturated heterocycles. The number of nitrogens with one attached hydrogen (secondary N) is 1. The number of alkyl carbamates (subject to hydrolysis) is 1. The van der Waals surface area contributed by atoms with Crippen molar-refractivity contribution in [2.24, 2.45) is 17.3 Å². The number of hydrogen-bond acceptors (Lipinski definition) is 4. The van der Waals surface area contributed by atoms with Crippen LogP contribution in [-0.2, 0) is 9.16 Å². The summed E-state index contributed by atoms with van der Waals surface area (Å²) >= 11 is 0. The van der Waals surface area contributed by atoms with Crippen molar-refractivity contribution in [3.8, 4) is 0 Å². The van der Waals surface area contributed by atoms with Crippen LogP contribution >= 0.6 is 0 Å². The van der Waals surface area contributed by atoms with E-state index in [9.17, 15) is 9.90 Å².